The summed E-state index contributed by atoms with van der Waals surface area (Å²) in [6.45, 7) is 4.61. The average Bonchev–Trinajstić information content (AvgIpc) is 3.71. The summed E-state index contributed by atoms with van der Waals surface area (Å²) in [5, 5.41) is 14.0. The minimum atomic E-state index is -0.357. The Bertz CT molecular complexity index is 635. The summed E-state index contributed by atoms with van der Waals surface area (Å²) in [6, 6.07) is 0.773. The van der Waals surface area contributed by atoms with Crippen molar-refractivity contribution in [2.24, 2.45) is 47.2 Å². The number of nitrogens with one attached hydrogen (secondary N) is 1. The number of aliphatic hydroxyl groups excluding tert-OH is 1. The first kappa shape index (κ1) is 27.4. The first-order valence-corrected chi connectivity index (χ1v) is 16.5. The molecular formula is C32H59N3O. The molecule has 4 bridgehead atoms. The zero-order valence-electron chi connectivity index (χ0n) is 23.4. The highest BCUT2D eigenvalue weighted by molar-refractivity contribution is 4.95. The first-order valence-electron chi connectivity index (χ1n) is 16.5. The van der Waals surface area contributed by atoms with Crippen LogP contribution in [0.5, 0.6) is 0 Å². The predicted molar refractivity (Wildman–Crippen MR) is 151 cm³/mol. The van der Waals surface area contributed by atoms with Crippen molar-refractivity contribution in [3.05, 3.63) is 0 Å². The summed E-state index contributed by atoms with van der Waals surface area (Å²) < 4.78 is 0. The van der Waals surface area contributed by atoms with Crippen LogP contribution < -0.4 is 11.1 Å². The van der Waals surface area contributed by atoms with Crippen molar-refractivity contribution in [1.29, 1.82) is 0 Å². The summed E-state index contributed by atoms with van der Waals surface area (Å²) in [5.41, 5.74) is 5.61. The maximum Gasteiger partial charge on any atom is 0.0789 e. The molecule has 4 heteroatoms. The molecule has 5 aliphatic rings. The minimum Gasteiger partial charge on any atom is -0.390 e. The number of nitrogens with zero attached hydrogens (tertiary/aromatic N) is 1. The summed E-state index contributed by atoms with van der Waals surface area (Å²) in [6.07, 6.45) is 26.3. The van der Waals surface area contributed by atoms with E-state index in [0.29, 0.717) is 6.54 Å². The Morgan fingerprint density at radius 3 is 2.11 bits per heavy atom. The maximum atomic E-state index is 9.87. The fraction of sp³-hybridized carbons (Fsp3) is 1.00. The van der Waals surface area contributed by atoms with Crippen LogP contribution in [0.4, 0.5) is 0 Å². The van der Waals surface area contributed by atoms with Crippen LogP contribution in [0.15, 0.2) is 0 Å². The molecule has 0 aromatic rings. The van der Waals surface area contributed by atoms with E-state index < -0.39 is 0 Å². The van der Waals surface area contributed by atoms with Gasteiger partial charge in [0.1, 0.15) is 0 Å². The van der Waals surface area contributed by atoms with E-state index in [1.165, 1.54) is 90.0 Å². The molecule has 0 amide bonds. The van der Waals surface area contributed by atoms with E-state index in [1.54, 1.807) is 32.1 Å². The molecule has 8 unspecified atom stereocenters. The molecule has 4 N–H and O–H groups in total. The van der Waals surface area contributed by atoms with Gasteiger partial charge in [0.2, 0.25) is 0 Å². The van der Waals surface area contributed by atoms with Gasteiger partial charge in [-0.3, -0.25) is 0 Å². The molecule has 0 spiro atoms. The molecular weight excluding hydrogens is 442 g/mol. The van der Waals surface area contributed by atoms with Gasteiger partial charge in [0.15, 0.2) is 0 Å². The zero-order chi connectivity index (χ0) is 24.7. The van der Waals surface area contributed by atoms with Gasteiger partial charge in [-0.05, 0) is 119 Å². The van der Waals surface area contributed by atoms with Crippen molar-refractivity contribution >= 4 is 0 Å². The minimum absolute atomic E-state index is 0.357. The topological polar surface area (TPSA) is 61.5 Å². The standard InChI is InChI=1S/C32H59N3O/c33-21-30(36)23-35-15-13-24(14-16-35)22-34-32(31-20-26-10-12-29(31)19-26)8-6-4-2-1-3-5-7-27-17-25-9-11-28(27)18-25/h24-32,34,36H,1-23,33H2. The Hall–Kier alpha value is -0.160. The van der Waals surface area contributed by atoms with E-state index in [-0.39, 0.29) is 6.10 Å². The fourth-order valence-electron chi connectivity index (χ4n) is 9.53. The van der Waals surface area contributed by atoms with Gasteiger partial charge in [-0.1, -0.05) is 57.8 Å². The van der Waals surface area contributed by atoms with Gasteiger partial charge < -0.3 is 21.1 Å². The van der Waals surface area contributed by atoms with Crippen molar-refractivity contribution in [1.82, 2.24) is 10.2 Å². The van der Waals surface area contributed by atoms with Gasteiger partial charge in [0.25, 0.3) is 0 Å². The molecule has 5 fully saturated rings. The second kappa shape index (κ2) is 13.8. The number of hydrogen-bond acceptors (Lipinski definition) is 4. The smallest absolute Gasteiger partial charge is 0.0789 e. The van der Waals surface area contributed by atoms with Crippen molar-refractivity contribution < 1.29 is 5.11 Å². The molecule has 8 atom stereocenters. The molecule has 1 heterocycles. The van der Waals surface area contributed by atoms with Gasteiger partial charge in [0.05, 0.1) is 6.10 Å². The number of unbranched alkanes of at least 4 members (excludes halogenated alkanes) is 5. The quantitative estimate of drug-likeness (QED) is 0.228. The normalized spacial score (nSPS) is 36.2. The van der Waals surface area contributed by atoms with E-state index >= 15 is 0 Å². The highest BCUT2D eigenvalue weighted by Gasteiger charge is 2.43. The molecule has 208 valence electrons. The van der Waals surface area contributed by atoms with Crippen molar-refractivity contribution in [2.45, 2.75) is 128 Å². The third kappa shape index (κ3) is 7.48. The molecule has 4 saturated carbocycles. The van der Waals surface area contributed by atoms with Gasteiger partial charge >= 0.3 is 0 Å². The maximum absolute atomic E-state index is 9.87. The Morgan fingerprint density at radius 1 is 0.778 bits per heavy atom. The first-order chi connectivity index (χ1) is 17.7. The van der Waals surface area contributed by atoms with Gasteiger partial charge in [-0.15, -0.1) is 0 Å². The molecule has 1 aliphatic heterocycles. The molecule has 0 aromatic heterocycles. The molecule has 0 aromatic carbocycles. The van der Waals surface area contributed by atoms with Crippen LogP contribution in [0, 0.1) is 41.4 Å². The van der Waals surface area contributed by atoms with Crippen LogP contribution in [-0.2, 0) is 0 Å². The largest absolute Gasteiger partial charge is 0.390 e. The van der Waals surface area contributed by atoms with Crippen LogP contribution in [0.3, 0.4) is 0 Å². The third-order valence-electron chi connectivity index (χ3n) is 11.7. The van der Waals surface area contributed by atoms with Crippen LogP contribution in [0.2, 0.25) is 0 Å². The van der Waals surface area contributed by atoms with E-state index in [2.05, 4.69) is 10.2 Å². The Labute approximate surface area is 222 Å². The van der Waals surface area contributed by atoms with E-state index in [1.807, 2.05) is 0 Å². The lowest BCUT2D eigenvalue weighted by atomic mass is 9.81. The highest BCUT2D eigenvalue weighted by Crippen LogP contribution is 2.51. The summed E-state index contributed by atoms with van der Waals surface area (Å²) in [4.78, 5) is 2.42. The summed E-state index contributed by atoms with van der Waals surface area (Å²) in [7, 11) is 0. The number of fused-ring (bicyclic) bond motifs is 4. The van der Waals surface area contributed by atoms with Crippen molar-refractivity contribution in [3.63, 3.8) is 0 Å². The number of nitrogens with two attached hydrogens (primary N) is 1. The molecule has 1 saturated heterocycles. The number of β-amino-alcohol motifs (C(OH)–C–C–N with tert-alkyl or cyclic N) is 1. The molecule has 4 aliphatic carbocycles. The summed E-state index contributed by atoms with van der Waals surface area (Å²) >= 11 is 0. The molecule has 5 rings (SSSR count). The van der Waals surface area contributed by atoms with Crippen LogP contribution in [0.25, 0.3) is 0 Å². The molecule has 36 heavy (non-hydrogen) atoms. The third-order valence-corrected chi connectivity index (χ3v) is 11.7. The lowest BCUT2D eigenvalue weighted by Gasteiger charge is -2.36. The average molecular weight is 502 g/mol. The number of likely N-dealkylation sites (tertiary alicyclic amines) is 1. The monoisotopic (exact) mass is 501 g/mol. The Morgan fingerprint density at radius 2 is 1.47 bits per heavy atom. The predicted octanol–water partition coefficient (Wildman–Crippen LogP) is 5.97. The van der Waals surface area contributed by atoms with E-state index in [9.17, 15) is 5.11 Å². The lowest BCUT2D eigenvalue weighted by Crippen LogP contribution is -2.45. The zero-order valence-corrected chi connectivity index (χ0v) is 23.4. The fourth-order valence-corrected chi connectivity index (χ4v) is 9.53. The summed E-state index contributed by atoms with van der Waals surface area (Å²) in [5.74, 6) is 7.22. The molecule has 4 nitrogen and oxygen atoms in total. The van der Waals surface area contributed by atoms with Crippen LogP contribution in [0.1, 0.15) is 116 Å². The van der Waals surface area contributed by atoms with Crippen molar-refractivity contribution in [3.8, 4) is 0 Å². The van der Waals surface area contributed by atoms with Crippen molar-refractivity contribution in [2.75, 3.05) is 32.7 Å². The van der Waals surface area contributed by atoms with Gasteiger partial charge in [0, 0.05) is 19.1 Å². The number of aliphatic hydroxyl groups is 1. The number of hydrogen-bond donors (Lipinski definition) is 3. The lowest BCUT2D eigenvalue weighted by molar-refractivity contribution is 0.0923. The molecule has 0 radical (unpaired) electrons. The number of rotatable bonds is 16. The SMILES string of the molecule is NCC(O)CN1CCC(CNC(CCCCCCCCC2CC3CCC2C3)C2CC3CCC2C3)CC1. The second-order valence-electron chi connectivity index (χ2n) is 14.1. The van der Waals surface area contributed by atoms with E-state index in [4.69, 9.17) is 5.73 Å². The Balaban J connectivity index is 0.958. The van der Waals surface area contributed by atoms with E-state index in [0.717, 1.165) is 67.1 Å². The van der Waals surface area contributed by atoms with Gasteiger partial charge in [-0.2, -0.15) is 0 Å². The van der Waals surface area contributed by atoms with Crippen LogP contribution in [-0.4, -0.2) is 54.9 Å². The second-order valence-corrected chi connectivity index (χ2v) is 14.1. The highest BCUT2D eigenvalue weighted by atomic mass is 16.3. The van der Waals surface area contributed by atoms with Crippen LogP contribution >= 0.6 is 0 Å². The Kier molecular flexibility index (Phi) is 10.5. The number of piperidine rings is 1. The van der Waals surface area contributed by atoms with Gasteiger partial charge in [-0.25, -0.2) is 0 Å².